The third kappa shape index (κ3) is 3.27. The second-order valence-electron chi connectivity index (χ2n) is 3.12. The van der Waals surface area contributed by atoms with Gasteiger partial charge in [0.05, 0.1) is 0 Å². The maximum Gasteiger partial charge on any atom is 0.303 e. The Morgan fingerprint density at radius 3 is 2.20 bits per heavy atom. The van der Waals surface area contributed by atoms with Crippen molar-refractivity contribution >= 4 is 5.97 Å². The molecule has 1 aromatic carbocycles. The molecule has 0 aromatic heterocycles. The van der Waals surface area contributed by atoms with Crippen LogP contribution >= 0.6 is 0 Å². The first-order valence-corrected chi connectivity index (χ1v) is 4.36. The molecule has 0 heterocycles. The molecule has 82 valence electrons. The number of halogens is 3. The second-order valence-corrected chi connectivity index (χ2v) is 3.12. The van der Waals surface area contributed by atoms with E-state index in [-0.39, 0.29) is 24.8 Å². The van der Waals surface area contributed by atoms with Gasteiger partial charge < -0.3 is 5.11 Å². The van der Waals surface area contributed by atoms with Crippen LogP contribution in [0.25, 0.3) is 0 Å². The number of rotatable bonds is 4. The molecule has 2 nitrogen and oxygen atoms in total. The van der Waals surface area contributed by atoms with Crippen molar-refractivity contribution in [3.8, 4) is 0 Å². The smallest absolute Gasteiger partial charge is 0.303 e. The summed E-state index contributed by atoms with van der Waals surface area (Å²) < 4.78 is 37.9. The molecule has 0 aliphatic rings. The summed E-state index contributed by atoms with van der Waals surface area (Å²) in [6.07, 6.45) is 0.390. The molecule has 1 rings (SSSR count). The van der Waals surface area contributed by atoms with E-state index in [0.29, 0.717) is 0 Å². The van der Waals surface area contributed by atoms with Crippen molar-refractivity contribution in [1.29, 1.82) is 0 Å². The Hall–Kier alpha value is -1.52. The van der Waals surface area contributed by atoms with Crippen LogP contribution in [0.1, 0.15) is 18.4 Å². The highest BCUT2D eigenvalue weighted by Crippen LogP contribution is 2.15. The molecule has 0 bridgehead atoms. The molecule has 0 saturated carbocycles. The summed E-state index contributed by atoms with van der Waals surface area (Å²) in [6, 6.07) is 1.75. The van der Waals surface area contributed by atoms with Crippen LogP contribution in [-0.4, -0.2) is 11.1 Å². The minimum atomic E-state index is -1.50. The van der Waals surface area contributed by atoms with Gasteiger partial charge in [0.2, 0.25) is 0 Å². The van der Waals surface area contributed by atoms with Crippen LogP contribution < -0.4 is 0 Å². The first kappa shape index (κ1) is 11.6. The van der Waals surface area contributed by atoms with E-state index in [2.05, 4.69) is 0 Å². The lowest BCUT2D eigenvalue weighted by molar-refractivity contribution is -0.137. The van der Waals surface area contributed by atoms with Gasteiger partial charge in [0.25, 0.3) is 0 Å². The molecule has 1 aromatic rings. The van der Waals surface area contributed by atoms with Gasteiger partial charge in [0, 0.05) is 6.42 Å². The predicted octanol–water partition coefficient (Wildman–Crippen LogP) is 2.51. The fraction of sp³-hybridized carbons (Fsp3) is 0.300. The molecule has 5 heteroatoms. The highest BCUT2D eigenvalue weighted by atomic mass is 19.2. The van der Waals surface area contributed by atoms with E-state index < -0.39 is 23.4 Å². The molecule has 0 spiro atoms. The Labute approximate surface area is 84.3 Å². The minimum absolute atomic E-state index is 0.0827. The highest BCUT2D eigenvalue weighted by Gasteiger charge is 2.10. The largest absolute Gasteiger partial charge is 0.481 e. The fourth-order valence-electron chi connectivity index (χ4n) is 1.20. The Balaban J connectivity index is 2.66. The molecule has 0 saturated heterocycles. The summed E-state index contributed by atoms with van der Waals surface area (Å²) in [7, 11) is 0. The van der Waals surface area contributed by atoms with Crippen LogP contribution in [0.5, 0.6) is 0 Å². The van der Waals surface area contributed by atoms with E-state index in [1.807, 2.05) is 0 Å². The van der Waals surface area contributed by atoms with E-state index in [0.717, 1.165) is 12.1 Å². The van der Waals surface area contributed by atoms with Crippen molar-refractivity contribution in [3.05, 3.63) is 35.1 Å². The van der Waals surface area contributed by atoms with Crippen molar-refractivity contribution in [3.63, 3.8) is 0 Å². The number of carboxylic acid groups (broad SMARTS) is 1. The van der Waals surface area contributed by atoms with E-state index in [1.54, 1.807) is 0 Å². The molecule has 0 radical (unpaired) electrons. The average molecular weight is 218 g/mol. The number of hydrogen-bond donors (Lipinski definition) is 1. The van der Waals surface area contributed by atoms with Crippen LogP contribution in [-0.2, 0) is 11.2 Å². The fourth-order valence-corrected chi connectivity index (χ4v) is 1.20. The molecule has 0 amide bonds. The molecule has 0 aliphatic heterocycles. The van der Waals surface area contributed by atoms with E-state index in [1.165, 1.54) is 0 Å². The van der Waals surface area contributed by atoms with Crippen LogP contribution in [0.15, 0.2) is 12.1 Å². The number of carboxylic acids is 1. The minimum Gasteiger partial charge on any atom is -0.481 e. The van der Waals surface area contributed by atoms with Crippen LogP contribution in [0.2, 0.25) is 0 Å². The van der Waals surface area contributed by atoms with Crippen molar-refractivity contribution < 1.29 is 23.1 Å². The molecular formula is C10H9F3O2. The Kier molecular flexibility index (Phi) is 3.71. The zero-order valence-corrected chi connectivity index (χ0v) is 7.77. The molecular weight excluding hydrogens is 209 g/mol. The number of benzene rings is 1. The summed E-state index contributed by atoms with van der Waals surface area (Å²) in [4.78, 5) is 10.2. The number of hydrogen-bond acceptors (Lipinski definition) is 1. The van der Waals surface area contributed by atoms with Crippen molar-refractivity contribution in [2.24, 2.45) is 0 Å². The quantitative estimate of drug-likeness (QED) is 0.788. The number of aliphatic carboxylic acids is 1. The summed E-state index contributed by atoms with van der Waals surface area (Å²) in [5, 5.41) is 8.34. The van der Waals surface area contributed by atoms with Crippen molar-refractivity contribution in [1.82, 2.24) is 0 Å². The number of carbonyl (C=O) groups is 1. The van der Waals surface area contributed by atoms with Gasteiger partial charge >= 0.3 is 5.97 Å². The van der Waals surface area contributed by atoms with Gasteiger partial charge in [-0.3, -0.25) is 4.79 Å². The van der Waals surface area contributed by atoms with E-state index >= 15 is 0 Å². The molecule has 1 N–H and O–H groups in total. The van der Waals surface area contributed by atoms with Gasteiger partial charge in [-0.2, -0.15) is 0 Å². The first-order chi connectivity index (χ1) is 7.00. The van der Waals surface area contributed by atoms with Gasteiger partial charge in [0.1, 0.15) is 0 Å². The second kappa shape index (κ2) is 4.82. The monoisotopic (exact) mass is 218 g/mol. The first-order valence-electron chi connectivity index (χ1n) is 4.36. The van der Waals surface area contributed by atoms with Gasteiger partial charge in [-0.1, -0.05) is 0 Å². The van der Waals surface area contributed by atoms with Crippen LogP contribution in [0.3, 0.4) is 0 Å². The number of aryl methyl sites for hydroxylation is 1. The predicted molar refractivity (Wildman–Crippen MR) is 46.9 cm³/mol. The lowest BCUT2D eigenvalue weighted by atomic mass is 10.1. The third-order valence-corrected chi connectivity index (χ3v) is 1.90. The Morgan fingerprint density at radius 2 is 1.73 bits per heavy atom. The summed E-state index contributed by atoms with van der Waals surface area (Å²) in [6.45, 7) is 0. The lowest BCUT2D eigenvalue weighted by Gasteiger charge is -2.01. The Morgan fingerprint density at radius 1 is 1.20 bits per heavy atom. The Bertz CT molecular complexity index is 354. The van der Waals surface area contributed by atoms with E-state index in [4.69, 9.17) is 5.11 Å². The molecule has 0 aliphatic carbocycles. The molecule has 15 heavy (non-hydrogen) atoms. The maximum absolute atomic E-state index is 12.7. The van der Waals surface area contributed by atoms with Gasteiger partial charge in [-0.05, 0) is 30.5 Å². The lowest BCUT2D eigenvalue weighted by Crippen LogP contribution is -1.98. The summed E-state index contributed by atoms with van der Waals surface area (Å²) in [5.41, 5.74) is 0.257. The van der Waals surface area contributed by atoms with Crippen molar-refractivity contribution in [2.45, 2.75) is 19.3 Å². The third-order valence-electron chi connectivity index (χ3n) is 1.90. The van der Waals surface area contributed by atoms with Crippen LogP contribution in [0, 0.1) is 17.5 Å². The highest BCUT2D eigenvalue weighted by molar-refractivity contribution is 5.66. The summed E-state index contributed by atoms with van der Waals surface area (Å²) >= 11 is 0. The molecule has 0 unspecified atom stereocenters. The SMILES string of the molecule is O=C(O)CCCc1cc(F)c(F)c(F)c1. The zero-order valence-electron chi connectivity index (χ0n) is 7.77. The standard InChI is InChI=1S/C10H9F3O2/c11-7-4-6(2-1-3-9(14)15)5-8(12)10(7)13/h4-5H,1-3H2,(H,14,15). The topological polar surface area (TPSA) is 37.3 Å². The average Bonchev–Trinajstić information content (AvgIpc) is 2.13. The molecule has 0 atom stereocenters. The van der Waals surface area contributed by atoms with Gasteiger partial charge in [-0.25, -0.2) is 13.2 Å². The van der Waals surface area contributed by atoms with Crippen molar-refractivity contribution in [2.75, 3.05) is 0 Å². The zero-order chi connectivity index (χ0) is 11.4. The summed E-state index contributed by atoms with van der Waals surface area (Å²) in [5.74, 6) is -4.98. The van der Waals surface area contributed by atoms with Crippen LogP contribution in [0.4, 0.5) is 13.2 Å². The van der Waals surface area contributed by atoms with E-state index in [9.17, 15) is 18.0 Å². The maximum atomic E-state index is 12.7. The van der Waals surface area contributed by atoms with Gasteiger partial charge in [0.15, 0.2) is 17.5 Å². The van der Waals surface area contributed by atoms with Gasteiger partial charge in [-0.15, -0.1) is 0 Å². The normalized spacial score (nSPS) is 10.3. The molecule has 0 fully saturated rings.